The number of H-pyrrole nitrogens is 1. The van der Waals surface area contributed by atoms with E-state index in [1.165, 1.54) is 0 Å². The van der Waals surface area contributed by atoms with E-state index in [4.69, 9.17) is 32.7 Å². The molecule has 0 bridgehead atoms. The van der Waals surface area contributed by atoms with Crippen molar-refractivity contribution in [1.29, 1.82) is 0 Å². The fourth-order valence-corrected chi connectivity index (χ4v) is 4.13. The number of carbonyl (C=O) groups excluding carboxylic acids is 2. The minimum absolute atomic E-state index is 0.00428. The second kappa shape index (κ2) is 9.46. The van der Waals surface area contributed by atoms with Crippen LogP contribution < -0.4 is 10.2 Å². The number of nitrogens with zero attached hydrogens (tertiary/aromatic N) is 2. The molecule has 4 rings (SSSR count). The number of halogens is 2. The van der Waals surface area contributed by atoms with Crippen LogP contribution >= 0.6 is 23.2 Å². The van der Waals surface area contributed by atoms with Crippen LogP contribution in [0.2, 0.25) is 10.0 Å². The van der Waals surface area contributed by atoms with Crippen molar-refractivity contribution >= 4 is 51.7 Å². The lowest BCUT2D eigenvalue weighted by Gasteiger charge is -2.33. The van der Waals surface area contributed by atoms with Crippen molar-refractivity contribution in [3.05, 3.63) is 57.8 Å². The molecule has 2 heterocycles. The molecule has 0 radical (unpaired) electrons. The summed E-state index contributed by atoms with van der Waals surface area (Å²) in [5, 5.41) is 3.81. The number of anilines is 1. The van der Waals surface area contributed by atoms with Crippen molar-refractivity contribution in [3.8, 4) is 0 Å². The maximum atomic E-state index is 13.0. The summed E-state index contributed by atoms with van der Waals surface area (Å²) in [5.41, 5.74) is 2.40. The number of ether oxygens (including phenoxy) is 2. The number of carbonyl (C=O) groups is 2. The third kappa shape index (κ3) is 4.59. The molecule has 2 amide bonds. The Morgan fingerprint density at radius 3 is 2.88 bits per heavy atom. The van der Waals surface area contributed by atoms with Gasteiger partial charge in [-0.3, -0.25) is 9.59 Å². The molecular formula is C22H22Cl2N4O4. The van der Waals surface area contributed by atoms with Crippen LogP contribution in [0.5, 0.6) is 0 Å². The first-order valence-electron chi connectivity index (χ1n) is 10.0. The minimum atomic E-state index is -0.516. The van der Waals surface area contributed by atoms with E-state index >= 15 is 0 Å². The van der Waals surface area contributed by atoms with Crippen LogP contribution in [0.4, 0.5) is 5.69 Å². The van der Waals surface area contributed by atoms with Crippen LogP contribution in [0.15, 0.2) is 36.4 Å². The van der Waals surface area contributed by atoms with Gasteiger partial charge in [0.2, 0.25) is 0 Å². The van der Waals surface area contributed by atoms with Gasteiger partial charge in [-0.2, -0.15) is 0 Å². The van der Waals surface area contributed by atoms with Gasteiger partial charge in [0.15, 0.2) is 0 Å². The lowest BCUT2D eigenvalue weighted by atomic mass is 10.1. The van der Waals surface area contributed by atoms with E-state index < -0.39 is 6.04 Å². The molecule has 1 fully saturated rings. The van der Waals surface area contributed by atoms with E-state index in [9.17, 15) is 9.59 Å². The molecule has 3 aromatic rings. The van der Waals surface area contributed by atoms with Crippen LogP contribution in [-0.2, 0) is 14.3 Å². The zero-order chi connectivity index (χ0) is 22.8. The van der Waals surface area contributed by atoms with E-state index in [1.807, 2.05) is 6.92 Å². The number of methoxy groups -OCH3 is 1. The molecule has 8 nitrogen and oxygen atoms in total. The van der Waals surface area contributed by atoms with E-state index in [0.717, 1.165) is 11.0 Å². The van der Waals surface area contributed by atoms with Crippen molar-refractivity contribution in [2.24, 2.45) is 0 Å². The summed E-state index contributed by atoms with van der Waals surface area (Å²) in [6.07, 6.45) is 0. The van der Waals surface area contributed by atoms with Gasteiger partial charge in [0, 0.05) is 17.7 Å². The predicted molar refractivity (Wildman–Crippen MR) is 122 cm³/mol. The van der Waals surface area contributed by atoms with Crippen LogP contribution in [0.3, 0.4) is 0 Å². The topological polar surface area (TPSA) is 96.6 Å². The van der Waals surface area contributed by atoms with Gasteiger partial charge < -0.3 is 24.7 Å². The average Bonchev–Trinajstić information content (AvgIpc) is 3.17. The molecule has 1 aromatic heterocycles. The molecular weight excluding hydrogens is 455 g/mol. The third-order valence-corrected chi connectivity index (χ3v) is 5.73. The average molecular weight is 477 g/mol. The van der Waals surface area contributed by atoms with Crippen LogP contribution in [0, 0.1) is 0 Å². The molecule has 168 valence electrons. The first-order valence-corrected chi connectivity index (χ1v) is 10.8. The van der Waals surface area contributed by atoms with Gasteiger partial charge in [-0.1, -0.05) is 23.2 Å². The normalized spacial score (nSPS) is 17.6. The number of amides is 2. The van der Waals surface area contributed by atoms with E-state index in [1.54, 1.807) is 48.4 Å². The molecule has 10 heteroatoms. The number of aromatic nitrogens is 2. The first-order chi connectivity index (χ1) is 15.4. The maximum absolute atomic E-state index is 13.0. The monoisotopic (exact) mass is 476 g/mol. The molecule has 0 aliphatic carbocycles. The molecule has 2 aromatic carbocycles. The summed E-state index contributed by atoms with van der Waals surface area (Å²) < 4.78 is 10.5. The molecule has 2 N–H and O–H groups in total. The van der Waals surface area contributed by atoms with Crippen molar-refractivity contribution < 1.29 is 19.1 Å². The standard InChI is InChI=1S/C22H22Cl2N4O4/c1-12-9-32-11-20(29)28(12)19-6-3-13(7-15(19)24)22(30)27-18(10-31-2)21-25-16-5-4-14(23)8-17(16)26-21/h3-8,12,18H,9-11H2,1-2H3,(H,25,26)(H,27,30). The van der Waals surface area contributed by atoms with Crippen molar-refractivity contribution in [2.45, 2.75) is 19.0 Å². The Hall–Kier alpha value is -2.65. The fraction of sp³-hybridized carbons (Fsp3) is 0.318. The Bertz CT molecular complexity index is 1170. The summed E-state index contributed by atoms with van der Waals surface area (Å²) in [7, 11) is 1.55. The number of rotatable bonds is 6. The van der Waals surface area contributed by atoms with Gasteiger partial charge in [-0.05, 0) is 43.3 Å². The molecule has 32 heavy (non-hydrogen) atoms. The quantitative estimate of drug-likeness (QED) is 0.564. The second-order valence-electron chi connectivity index (χ2n) is 7.56. The highest BCUT2D eigenvalue weighted by Crippen LogP contribution is 2.30. The number of hydrogen-bond donors (Lipinski definition) is 2. The van der Waals surface area contributed by atoms with E-state index in [0.29, 0.717) is 33.7 Å². The summed E-state index contributed by atoms with van der Waals surface area (Å²) in [5.74, 6) is 0.0289. The lowest BCUT2D eigenvalue weighted by molar-refractivity contribution is -0.127. The first kappa shape index (κ1) is 22.5. The molecule has 2 unspecified atom stereocenters. The molecule has 0 saturated carbocycles. The van der Waals surface area contributed by atoms with Gasteiger partial charge in [-0.25, -0.2) is 4.98 Å². The molecule has 2 atom stereocenters. The van der Waals surface area contributed by atoms with Gasteiger partial charge in [0.25, 0.3) is 11.8 Å². The van der Waals surface area contributed by atoms with Crippen LogP contribution in [-0.4, -0.2) is 54.8 Å². The van der Waals surface area contributed by atoms with Crippen molar-refractivity contribution in [1.82, 2.24) is 15.3 Å². The zero-order valence-corrected chi connectivity index (χ0v) is 19.0. The highest BCUT2D eigenvalue weighted by atomic mass is 35.5. The smallest absolute Gasteiger partial charge is 0.253 e. The van der Waals surface area contributed by atoms with Crippen molar-refractivity contribution in [3.63, 3.8) is 0 Å². The second-order valence-corrected chi connectivity index (χ2v) is 8.40. The summed E-state index contributed by atoms with van der Waals surface area (Å²) in [6, 6.07) is 9.51. The molecule has 0 spiro atoms. The Balaban J connectivity index is 1.55. The number of benzene rings is 2. The van der Waals surface area contributed by atoms with Gasteiger partial charge in [0.1, 0.15) is 18.5 Å². The SMILES string of the molecule is COCC(NC(=O)c1ccc(N2C(=O)COCC2C)c(Cl)c1)c1nc2ccc(Cl)cc2[nH]1. The lowest BCUT2D eigenvalue weighted by Crippen LogP contribution is -2.48. The Morgan fingerprint density at radius 1 is 1.34 bits per heavy atom. The summed E-state index contributed by atoms with van der Waals surface area (Å²) in [4.78, 5) is 34.5. The highest BCUT2D eigenvalue weighted by molar-refractivity contribution is 6.34. The largest absolute Gasteiger partial charge is 0.382 e. The number of morpholine rings is 1. The predicted octanol–water partition coefficient (Wildman–Crippen LogP) is 3.74. The Kier molecular flexibility index (Phi) is 6.66. The van der Waals surface area contributed by atoms with Crippen LogP contribution in [0.1, 0.15) is 29.1 Å². The fourth-order valence-electron chi connectivity index (χ4n) is 3.69. The van der Waals surface area contributed by atoms with Crippen LogP contribution in [0.25, 0.3) is 11.0 Å². The number of aromatic amines is 1. The summed E-state index contributed by atoms with van der Waals surface area (Å²) >= 11 is 12.5. The van der Waals surface area contributed by atoms with Gasteiger partial charge >= 0.3 is 0 Å². The van der Waals surface area contributed by atoms with Gasteiger partial charge in [-0.15, -0.1) is 0 Å². The Morgan fingerprint density at radius 2 is 2.16 bits per heavy atom. The minimum Gasteiger partial charge on any atom is -0.382 e. The van der Waals surface area contributed by atoms with Crippen molar-refractivity contribution in [2.75, 3.05) is 31.8 Å². The van der Waals surface area contributed by atoms with E-state index in [2.05, 4.69) is 15.3 Å². The number of fused-ring (bicyclic) bond motifs is 1. The molecule has 1 aliphatic rings. The summed E-state index contributed by atoms with van der Waals surface area (Å²) in [6.45, 7) is 2.52. The zero-order valence-electron chi connectivity index (χ0n) is 17.5. The van der Waals surface area contributed by atoms with Gasteiger partial charge in [0.05, 0.1) is 41.0 Å². The molecule has 1 saturated heterocycles. The highest BCUT2D eigenvalue weighted by Gasteiger charge is 2.29. The van der Waals surface area contributed by atoms with E-state index in [-0.39, 0.29) is 31.1 Å². The maximum Gasteiger partial charge on any atom is 0.253 e. The number of imidazole rings is 1. The Labute approximate surface area is 194 Å². The number of nitrogens with one attached hydrogen (secondary N) is 2. The third-order valence-electron chi connectivity index (χ3n) is 5.19. The molecule has 1 aliphatic heterocycles. The number of hydrogen-bond acceptors (Lipinski definition) is 5.